The number of aliphatic imine (C=N–C) groups is 1. The molecule has 1 aliphatic carbocycles. The number of ether oxygens (including phenoxy) is 2. The highest BCUT2D eigenvalue weighted by Gasteiger charge is 2.27. The van der Waals surface area contributed by atoms with Crippen LogP contribution in [0.15, 0.2) is 23.3 Å². The maximum Gasteiger partial charge on any atom is 0.308 e. The Morgan fingerprint density at radius 3 is 2.62 bits per heavy atom. The molecule has 0 aromatic carbocycles. The van der Waals surface area contributed by atoms with Gasteiger partial charge in [0, 0.05) is 38.9 Å². The number of aromatic nitrogens is 1. The van der Waals surface area contributed by atoms with E-state index in [1.807, 2.05) is 12.1 Å². The Balaban J connectivity index is 0.00000300. The van der Waals surface area contributed by atoms with E-state index in [4.69, 9.17) is 9.47 Å². The minimum Gasteiger partial charge on any atom is -0.474 e. The first-order valence-electron chi connectivity index (χ1n) is 10.3. The average molecular weight is 516 g/mol. The lowest BCUT2D eigenvalue weighted by molar-refractivity contribution is -0.146. The quantitative estimate of drug-likeness (QED) is 0.280. The molecule has 1 aliphatic heterocycles. The Bertz CT molecular complexity index is 672. The largest absolute Gasteiger partial charge is 0.474 e. The molecule has 0 spiro atoms. The van der Waals surface area contributed by atoms with E-state index >= 15 is 0 Å². The topological polar surface area (TPSA) is 76.1 Å². The molecule has 2 fully saturated rings. The molecule has 3 rings (SSSR count). The zero-order valence-corrected chi connectivity index (χ0v) is 19.8. The van der Waals surface area contributed by atoms with Gasteiger partial charge in [-0.05, 0) is 50.2 Å². The molecule has 29 heavy (non-hydrogen) atoms. The standard InChI is InChI=1S/C21H32N4O3.HI/c1-22-21(25-12-9-17(10-13-25)20(26)27-2)24-15-16-8-11-23-19(14-16)28-18-6-4-3-5-7-18;/h8,11,14,17-18H,3-7,9-10,12-13,15H2,1-2H3,(H,22,24);1H. The molecule has 8 heteroatoms. The summed E-state index contributed by atoms with van der Waals surface area (Å²) in [5.41, 5.74) is 1.12. The highest BCUT2D eigenvalue weighted by atomic mass is 127. The van der Waals surface area contributed by atoms with Crippen LogP contribution in [0.25, 0.3) is 0 Å². The van der Waals surface area contributed by atoms with Crippen molar-refractivity contribution >= 4 is 35.9 Å². The number of carbonyl (C=O) groups is 1. The smallest absolute Gasteiger partial charge is 0.308 e. The number of methoxy groups -OCH3 is 1. The third-order valence-electron chi connectivity index (χ3n) is 5.63. The number of pyridine rings is 1. The Morgan fingerprint density at radius 2 is 1.97 bits per heavy atom. The molecule has 7 nitrogen and oxygen atoms in total. The predicted molar refractivity (Wildman–Crippen MR) is 124 cm³/mol. The van der Waals surface area contributed by atoms with Gasteiger partial charge in [0.15, 0.2) is 5.96 Å². The first-order chi connectivity index (χ1) is 13.7. The van der Waals surface area contributed by atoms with Crippen LogP contribution in [-0.2, 0) is 16.1 Å². The summed E-state index contributed by atoms with van der Waals surface area (Å²) in [5, 5.41) is 3.42. The molecule has 0 atom stereocenters. The number of guanidine groups is 1. The zero-order valence-electron chi connectivity index (χ0n) is 17.4. The number of esters is 1. The minimum absolute atomic E-state index is 0. The van der Waals surface area contributed by atoms with Gasteiger partial charge < -0.3 is 19.7 Å². The Labute approximate surface area is 190 Å². The lowest BCUT2D eigenvalue weighted by atomic mass is 9.97. The molecule has 2 heterocycles. The zero-order chi connectivity index (χ0) is 19.8. The summed E-state index contributed by atoms with van der Waals surface area (Å²) in [6.45, 7) is 2.25. The molecule has 0 radical (unpaired) electrons. The van der Waals surface area contributed by atoms with Crippen LogP contribution in [-0.4, -0.2) is 55.2 Å². The summed E-state index contributed by atoms with van der Waals surface area (Å²) in [5.74, 6) is 1.46. The monoisotopic (exact) mass is 516 g/mol. The van der Waals surface area contributed by atoms with Gasteiger partial charge in [0.1, 0.15) is 6.10 Å². The number of likely N-dealkylation sites (tertiary alicyclic amines) is 1. The van der Waals surface area contributed by atoms with Crippen molar-refractivity contribution in [1.29, 1.82) is 0 Å². The van der Waals surface area contributed by atoms with Crippen molar-refractivity contribution in [2.75, 3.05) is 27.2 Å². The Hall–Kier alpha value is -1.58. The molecule has 0 amide bonds. The maximum atomic E-state index is 11.7. The van der Waals surface area contributed by atoms with Gasteiger partial charge in [-0.3, -0.25) is 9.79 Å². The van der Waals surface area contributed by atoms with E-state index in [-0.39, 0.29) is 35.9 Å². The highest BCUT2D eigenvalue weighted by molar-refractivity contribution is 14.0. The lowest BCUT2D eigenvalue weighted by Gasteiger charge is -2.33. The van der Waals surface area contributed by atoms with Crippen molar-refractivity contribution in [1.82, 2.24) is 15.2 Å². The van der Waals surface area contributed by atoms with Crippen LogP contribution in [0.5, 0.6) is 5.88 Å². The second kappa shape index (κ2) is 12.2. The van der Waals surface area contributed by atoms with Crippen LogP contribution in [0.3, 0.4) is 0 Å². The average Bonchev–Trinajstić information content (AvgIpc) is 2.75. The van der Waals surface area contributed by atoms with Gasteiger partial charge in [0.05, 0.1) is 13.0 Å². The summed E-state index contributed by atoms with van der Waals surface area (Å²) >= 11 is 0. The molecule has 1 saturated carbocycles. The van der Waals surface area contributed by atoms with E-state index in [1.165, 1.54) is 26.4 Å². The van der Waals surface area contributed by atoms with Crippen LogP contribution in [0.2, 0.25) is 0 Å². The van der Waals surface area contributed by atoms with Gasteiger partial charge in [-0.25, -0.2) is 4.98 Å². The fourth-order valence-corrected chi connectivity index (χ4v) is 3.99. The second-order valence-electron chi connectivity index (χ2n) is 7.57. The number of nitrogens with one attached hydrogen (secondary N) is 1. The van der Waals surface area contributed by atoms with E-state index in [0.29, 0.717) is 18.5 Å². The van der Waals surface area contributed by atoms with Crippen molar-refractivity contribution < 1.29 is 14.3 Å². The number of halogens is 1. The molecular weight excluding hydrogens is 483 g/mol. The molecule has 0 bridgehead atoms. The fraction of sp³-hybridized carbons (Fsp3) is 0.667. The number of hydrogen-bond acceptors (Lipinski definition) is 5. The van der Waals surface area contributed by atoms with Gasteiger partial charge in [-0.15, -0.1) is 24.0 Å². The molecule has 162 valence electrons. The molecular formula is C21H33IN4O3. The summed E-state index contributed by atoms with van der Waals surface area (Å²) in [6.07, 6.45) is 9.74. The summed E-state index contributed by atoms with van der Waals surface area (Å²) in [6, 6.07) is 4.01. The first kappa shape index (κ1) is 23.7. The van der Waals surface area contributed by atoms with Crippen LogP contribution in [0.1, 0.15) is 50.5 Å². The minimum atomic E-state index is -0.107. The Kier molecular flexibility index (Phi) is 9.96. The van der Waals surface area contributed by atoms with Crippen LogP contribution >= 0.6 is 24.0 Å². The number of nitrogens with zero attached hydrogens (tertiary/aromatic N) is 3. The van der Waals surface area contributed by atoms with Gasteiger partial charge in [0.25, 0.3) is 0 Å². The third-order valence-corrected chi connectivity index (χ3v) is 5.63. The molecule has 1 aromatic heterocycles. The van der Waals surface area contributed by atoms with Crippen LogP contribution in [0, 0.1) is 5.92 Å². The molecule has 0 unspecified atom stereocenters. The normalized spacial score (nSPS) is 18.7. The molecule has 2 aliphatic rings. The lowest BCUT2D eigenvalue weighted by Crippen LogP contribution is -2.46. The number of piperidine rings is 1. The summed E-state index contributed by atoms with van der Waals surface area (Å²) in [7, 11) is 3.25. The van der Waals surface area contributed by atoms with Crippen molar-refractivity contribution in [3.05, 3.63) is 23.9 Å². The van der Waals surface area contributed by atoms with Crippen molar-refractivity contribution in [3.8, 4) is 5.88 Å². The van der Waals surface area contributed by atoms with E-state index in [2.05, 4.69) is 20.2 Å². The summed E-state index contributed by atoms with van der Waals surface area (Å²) < 4.78 is 10.9. The van der Waals surface area contributed by atoms with Crippen molar-refractivity contribution in [3.63, 3.8) is 0 Å². The third kappa shape index (κ3) is 7.01. The predicted octanol–water partition coefficient (Wildman–Crippen LogP) is 3.37. The molecule has 1 saturated heterocycles. The van der Waals surface area contributed by atoms with Crippen molar-refractivity contribution in [2.24, 2.45) is 10.9 Å². The van der Waals surface area contributed by atoms with E-state index in [1.54, 1.807) is 13.2 Å². The van der Waals surface area contributed by atoms with E-state index < -0.39 is 0 Å². The van der Waals surface area contributed by atoms with Crippen molar-refractivity contribution in [2.45, 2.75) is 57.6 Å². The number of hydrogen-bond donors (Lipinski definition) is 1. The van der Waals surface area contributed by atoms with Crippen LogP contribution < -0.4 is 10.1 Å². The summed E-state index contributed by atoms with van der Waals surface area (Å²) in [4.78, 5) is 22.7. The van der Waals surface area contributed by atoms with E-state index in [9.17, 15) is 4.79 Å². The highest BCUT2D eigenvalue weighted by Crippen LogP contribution is 2.23. The van der Waals surface area contributed by atoms with Gasteiger partial charge in [-0.1, -0.05) is 6.42 Å². The van der Waals surface area contributed by atoms with Gasteiger partial charge in [0.2, 0.25) is 5.88 Å². The van der Waals surface area contributed by atoms with Crippen LogP contribution in [0.4, 0.5) is 0 Å². The first-order valence-corrected chi connectivity index (χ1v) is 10.3. The number of carbonyl (C=O) groups excluding carboxylic acids is 1. The SMILES string of the molecule is CN=C(NCc1ccnc(OC2CCCCC2)c1)N1CCC(C(=O)OC)CC1.I. The Morgan fingerprint density at radius 1 is 1.24 bits per heavy atom. The fourth-order valence-electron chi connectivity index (χ4n) is 3.99. The maximum absolute atomic E-state index is 11.7. The van der Waals surface area contributed by atoms with Gasteiger partial charge >= 0.3 is 5.97 Å². The van der Waals surface area contributed by atoms with E-state index in [0.717, 1.165) is 50.3 Å². The molecule has 1 N–H and O–H groups in total. The van der Waals surface area contributed by atoms with Gasteiger partial charge in [-0.2, -0.15) is 0 Å². The number of rotatable bonds is 5. The second-order valence-corrected chi connectivity index (χ2v) is 7.57. The molecule has 1 aromatic rings.